The molecule has 0 unspecified atom stereocenters. The van der Waals surface area contributed by atoms with Crippen molar-refractivity contribution >= 4 is 11.0 Å². The first-order chi connectivity index (χ1) is 20.5. The first kappa shape index (κ1) is 28.9. The summed E-state index contributed by atoms with van der Waals surface area (Å²) in [6, 6.07) is 11.4. The molecule has 0 amide bonds. The second-order valence-electron chi connectivity index (χ2n) is 12.3. The quantitative estimate of drug-likeness (QED) is 0.187. The number of ether oxygens (including phenoxy) is 1. The highest BCUT2D eigenvalue weighted by molar-refractivity contribution is 5.90. The molecule has 1 fully saturated rings. The number of aliphatic hydroxyl groups is 2. The van der Waals surface area contributed by atoms with Gasteiger partial charge in [-0.1, -0.05) is 26.0 Å². The molecule has 9 heteroatoms. The van der Waals surface area contributed by atoms with Crippen LogP contribution in [0.2, 0.25) is 0 Å². The number of hydrogen-bond acceptors (Lipinski definition) is 9. The van der Waals surface area contributed by atoms with Crippen molar-refractivity contribution in [2.45, 2.75) is 58.2 Å². The van der Waals surface area contributed by atoms with Crippen molar-refractivity contribution in [3.8, 4) is 40.1 Å². The lowest BCUT2D eigenvalue weighted by atomic mass is 9.73. The van der Waals surface area contributed by atoms with Gasteiger partial charge in [-0.3, -0.25) is 4.79 Å². The van der Waals surface area contributed by atoms with Gasteiger partial charge in [-0.25, -0.2) is 0 Å². The summed E-state index contributed by atoms with van der Waals surface area (Å²) in [4.78, 5) is 13.8. The van der Waals surface area contributed by atoms with Gasteiger partial charge in [0.1, 0.15) is 40.1 Å². The van der Waals surface area contributed by atoms with Crippen LogP contribution in [0.3, 0.4) is 0 Å². The summed E-state index contributed by atoms with van der Waals surface area (Å²) in [5.74, 6) is -1.00. The van der Waals surface area contributed by atoms with Crippen LogP contribution in [-0.2, 0) is 19.3 Å². The lowest BCUT2D eigenvalue weighted by Gasteiger charge is -2.43. The number of phenolic OH excluding ortho intramolecular Hbond substituents is 3. The van der Waals surface area contributed by atoms with E-state index in [0.29, 0.717) is 47.9 Å². The molecule has 43 heavy (non-hydrogen) atoms. The second kappa shape index (κ2) is 11.1. The molecule has 226 valence electrons. The number of fused-ring (bicyclic) bond motifs is 4. The summed E-state index contributed by atoms with van der Waals surface area (Å²) in [5, 5.41) is 63.8. The largest absolute Gasteiger partial charge is 0.508 e. The predicted octanol–water partition coefficient (Wildman–Crippen LogP) is 4.75. The van der Waals surface area contributed by atoms with Gasteiger partial charge in [0.2, 0.25) is 11.2 Å². The Kier molecular flexibility index (Phi) is 7.48. The van der Waals surface area contributed by atoms with E-state index in [2.05, 4.69) is 0 Å². The number of hydrogen-bond donors (Lipinski definition) is 6. The van der Waals surface area contributed by atoms with Crippen LogP contribution in [0.4, 0.5) is 0 Å². The van der Waals surface area contributed by atoms with Gasteiger partial charge in [0.05, 0.1) is 12.7 Å². The highest BCUT2D eigenvalue weighted by Gasteiger charge is 2.44. The third-order valence-corrected chi connectivity index (χ3v) is 8.80. The van der Waals surface area contributed by atoms with Gasteiger partial charge >= 0.3 is 0 Å². The number of phenols is 3. The van der Waals surface area contributed by atoms with Crippen molar-refractivity contribution in [1.82, 2.24) is 0 Å². The fourth-order valence-corrected chi connectivity index (χ4v) is 6.73. The zero-order valence-electron chi connectivity index (χ0n) is 24.1. The van der Waals surface area contributed by atoms with Crippen molar-refractivity contribution in [3.63, 3.8) is 0 Å². The van der Waals surface area contributed by atoms with Crippen LogP contribution in [0.25, 0.3) is 22.3 Å². The van der Waals surface area contributed by atoms with E-state index < -0.39 is 29.3 Å². The van der Waals surface area contributed by atoms with Crippen molar-refractivity contribution in [2.24, 2.45) is 17.8 Å². The zero-order chi connectivity index (χ0) is 30.6. The monoisotopic (exact) mass is 588 g/mol. The molecule has 6 rings (SSSR count). The van der Waals surface area contributed by atoms with E-state index in [-0.39, 0.29) is 64.6 Å². The molecular weight excluding hydrogens is 552 g/mol. The van der Waals surface area contributed by atoms with Gasteiger partial charge in [-0.05, 0) is 72.6 Å². The normalized spacial score (nSPS) is 21.4. The smallest absolute Gasteiger partial charge is 0.238 e. The molecule has 1 aliphatic heterocycles. The maximum atomic E-state index is 13.8. The summed E-state index contributed by atoms with van der Waals surface area (Å²) >= 11 is 0. The zero-order valence-corrected chi connectivity index (χ0v) is 24.1. The highest BCUT2D eigenvalue weighted by Crippen LogP contribution is 2.48. The Balaban J connectivity index is 1.50. The second-order valence-corrected chi connectivity index (χ2v) is 12.3. The minimum atomic E-state index is -0.753. The minimum Gasteiger partial charge on any atom is -0.508 e. The maximum absolute atomic E-state index is 13.8. The molecule has 6 N–H and O–H groups in total. The molecular formula is C34H36O9. The summed E-state index contributed by atoms with van der Waals surface area (Å²) in [6.45, 7) is 3.73. The van der Waals surface area contributed by atoms with Crippen molar-refractivity contribution < 1.29 is 39.8 Å². The first-order valence-electron chi connectivity index (χ1n) is 14.7. The van der Waals surface area contributed by atoms with Gasteiger partial charge in [0.25, 0.3) is 0 Å². The summed E-state index contributed by atoms with van der Waals surface area (Å²) in [7, 11) is 0. The van der Waals surface area contributed by atoms with Gasteiger partial charge in [-0.15, -0.1) is 0 Å². The Morgan fingerprint density at radius 2 is 1.74 bits per heavy atom. The molecule has 1 saturated carbocycles. The van der Waals surface area contributed by atoms with E-state index in [1.807, 2.05) is 19.9 Å². The molecule has 2 aliphatic rings. The van der Waals surface area contributed by atoms with Crippen LogP contribution in [-0.4, -0.2) is 49.5 Å². The van der Waals surface area contributed by atoms with Gasteiger partial charge in [0.15, 0.2) is 5.76 Å². The molecule has 1 aromatic heterocycles. The van der Waals surface area contributed by atoms with Crippen LogP contribution in [0.15, 0.2) is 51.7 Å². The number of aliphatic hydroxyl groups excluding tert-OH is 2. The highest BCUT2D eigenvalue weighted by atomic mass is 16.5. The van der Waals surface area contributed by atoms with Gasteiger partial charge < -0.3 is 39.8 Å². The number of aromatic hydroxyl groups is 4. The van der Waals surface area contributed by atoms with Gasteiger partial charge in [-0.2, -0.15) is 0 Å². The van der Waals surface area contributed by atoms with E-state index in [0.717, 1.165) is 5.56 Å². The average molecular weight is 589 g/mol. The van der Waals surface area contributed by atoms with Crippen LogP contribution in [0.1, 0.15) is 48.9 Å². The SMILES string of the molecule is CC(C)Cc1cc(-c2oc3cc(O)c4c(c3c(=O)c2O)O[C@H]2[C@@H](CC[C@@H](O)[C@@H]2CO)C4)cc(Cc2cccc(O)c2)c1O. The molecule has 4 atom stereocenters. The van der Waals surface area contributed by atoms with Crippen molar-refractivity contribution in [3.05, 3.63) is 74.9 Å². The fourth-order valence-electron chi connectivity index (χ4n) is 6.73. The maximum Gasteiger partial charge on any atom is 0.238 e. The van der Waals surface area contributed by atoms with E-state index in [4.69, 9.17) is 9.15 Å². The van der Waals surface area contributed by atoms with Crippen molar-refractivity contribution in [1.29, 1.82) is 0 Å². The molecule has 0 spiro atoms. The fraction of sp³-hybridized carbons (Fsp3) is 0.382. The third-order valence-electron chi connectivity index (χ3n) is 8.80. The Hall–Kier alpha value is -4.21. The number of benzene rings is 3. The Labute approximate surface area is 248 Å². The summed E-state index contributed by atoms with van der Waals surface area (Å²) in [5.41, 5.74) is 1.96. The molecule has 3 aromatic carbocycles. The van der Waals surface area contributed by atoms with Crippen LogP contribution >= 0.6 is 0 Å². The van der Waals surface area contributed by atoms with E-state index in [1.165, 1.54) is 6.07 Å². The average Bonchev–Trinajstić information content (AvgIpc) is 2.96. The molecule has 9 nitrogen and oxygen atoms in total. The van der Waals surface area contributed by atoms with Crippen LogP contribution in [0.5, 0.6) is 28.7 Å². The lowest BCUT2D eigenvalue weighted by Crippen LogP contribution is -2.49. The Bertz CT molecular complexity index is 1760. The van der Waals surface area contributed by atoms with E-state index in [9.17, 15) is 35.4 Å². The van der Waals surface area contributed by atoms with Crippen LogP contribution < -0.4 is 10.2 Å². The molecule has 0 saturated heterocycles. The van der Waals surface area contributed by atoms with E-state index in [1.54, 1.807) is 30.3 Å². The van der Waals surface area contributed by atoms with E-state index >= 15 is 0 Å². The topological polar surface area (TPSA) is 161 Å². The number of rotatable bonds is 6. The Morgan fingerprint density at radius 3 is 2.47 bits per heavy atom. The molecule has 4 aromatic rings. The Morgan fingerprint density at radius 1 is 0.977 bits per heavy atom. The van der Waals surface area contributed by atoms with Crippen LogP contribution in [0, 0.1) is 17.8 Å². The molecule has 0 radical (unpaired) electrons. The molecule has 1 aliphatic carbocycles. The van der Waals surface area contributed by atoms with Gasteiger partial charge in [0, 0.05) is 35.4 Å². The minimum absolute atomic E-state index is 0.0115. The predicted molar refractivity (Wildman–Crippen MR) is 160 cm³/mol. The third kappa shape index (κ3) is 5.17. The summed E-state index contributed by atoms with van der Waals surface area (Å²) < 4.78 is 12.4. The standard InChI is InChI=1S/C34H36O9/c1-16(2)8-19-11-21(12-20(29(19)39)9-17-4-3-5-22(36)10-17)33-31(41)30(40)28-27(42-33)14-26(38)23-13-18-6-7-25(37)24(15-35)32(18)43-34(23)28/h3-5,10-12,14,16,18,24-25,32,35-39,41H,6-9,13,15H2,1-2H3/t18-,24-,25+,32-/m0/s1. The molecule has 2 heterocycles. The molecule has 0 bridgehead atoms. The first-order valence-corrected chi connectivity index (χ1v) is 14.7. The summed E-state index contributed by atoms with van der Waals surface area (Å²) in [6.07, 6.45) is 1.02. The van der Waals surface area contributed by atoms with Crippen molar-refractivity contribution in [2.75, 3.05) is 6.61 Å². The lowest BCUT2D eigenvalue weighted by molar-refractivity contribution is -0.0705.